The number of benzene rings is 2. The van der Waals surface area contributed by atoms with Crippen LogP contribution in [0.1, 0.15) is 53.3 Å². The number of ether oxygens (including phenoxy) is 1. The van der Waals surface area contributed by atoms with Crippen molar-refractivity contribution in [2.45, 2.75) is 33.6 Å². The van der Waals surface area contributed by atoms with E-state index in [-0.39, 0.29) is 16.3 Å². The lowest BCUT2D eigenvalue weighted by molar-refractivity contribution is 0.0697. The molecule has 0 amide bonds. The molecule has 3 aromatic rings. The van der Waals surface area contributed by atoms with Gasteiger partial charge >= 0.3 is 5.97 Å². The van der Waals surface area contributed by atoms with Crippen molar-refractivity contribution in [3.8, 4) is 22.9 Å². The second-order valence-corrected chi connectivity index (χ2v) is 9.45. The first-order valence-corrected chi connectivity index (χ1v) is 11.1. The van der Waals surface area contributed by atoms with E-state index in [1.54, 1.807) is 24.3 Å². The average molecular weight is 473 g/mol. The molecular formula is C26H24N4O3S. The van der Waals surface area contributed by atoms with Crippen molar-refractivity contribution in [1.82, 2.24) is 5.43 Å². The fraction of sp³-hybridized carbons (Fsp3) is 0.231. The van der Waals surface area contributed by atoms with Gasteiger partial charge in [-0.3, -0.25) is 5.43 Å². The third-order valence-electron chi connectivity index (χ3n) is 5.69. The Morgan fingerprint density at radius 2 is 1.76 bits per heavy atom. The first-order valence-electron chi connectivity index (χ1n) is 10.7. The smallest absolute Gasteiger partial charge is 0.379 e. The number of furan rings is 1. The Balaban J connectivity index is 1.56. The van der Waals surface area contributed by atoms with E-state index in [2.05, 4.69) is 30.4 Å². The van der Waals surface area contributed by atoms with E-state index < -0.39 is 5.97 Å². The van der Waals surface area contributed by atoms with Gasteiger partial charge in [-0.1, -0.05) is 38.1 Å². The molecule has 0 atom stereocenters. The summed E-state index contributed by atoms with van der Waals surface area (Å²) < 4.78 is 11.6. The van der Waals surface area contributed by atoms with Crippen molar-refractivity contribution < 1.29 is 13.9 Å². The Morgan fingerprint density at radius 1 is 1.15 bits per heavy atom. The number of nitriles is 1. The summed E-state index contributed by atoms with van der Waals surface area (Å²) in [6.45, 7) is 6.04. The van der Waals surface area contributed by atoms with E-state index in [0.717, 1.165) is 22.4 Å². The molecule has 1 aromatic heterocycles. The highest BCUT2D eigenvalue weighted by atomic mass is 32.1. The Kier molecular flexibility index (Phi) is 6.22. The number of rotatable bonds is 4. The van der Waals surface area contributed by atoms with Crippen LogP contribution in [-0.2, 0) is 6.42 Å². The third-order valence-corrected chi connectivity index (χ3v) is 5.78. The lowest BCUT2D eigenvalue weighted by atomic mass is 9.75. The topological polar surface area (TPSA) is 114 Å². The van der Waals surface area contributed by atoms with Gasteiger partial charge in [0.25, 0.3) is 0 Å². The van der Waals surface area contributed by atoms with Gasteiger partial charge in [-0.25, -0.2) is 4.79 Å². The minimum Gasteiger partial charge on any atom is -0.453 e. The molecule has 8 heteroatoms. The van der Waals surface area contributed by atoms with Crippen LogP contribution in [0.2, 0.25) is 0 Å². The maximum absolute atomic E-state index is 13.0. The minimum absolute atomic E-state index is 0.0719. The number of carbonyl (C=O) groups is 1. The summed E-state index contributed by atoms with van der Waals surface area (Å²) in [5.74, 6) is 0.681. The molecule has 3 N–H and O–H groups in total. The van der Waals surface area contributed by atoms with Gasteiger partial charge in [0.1, 0.15) is 11.5 Å². The van der Waals surface area contributed by atoms with Crippen LogP contribution in [0.4, 0.5) is 0 Å². The molecule has 0 bridgehead atoms. The minimum atomic E-state index is -0.572. The molecule has 0 saturated heterocycles. The van der Waals surface area contributed by atoms with Crippen LogP contribution in [0.15, 0.2) is 58.0 Å². The normalized spacial score (nSPS) is 15.3. The number of fused-ring (bicyclic) bond motifs is 1. The van der Waals surface area contributed by atoms with Crippen LogP contribution in [-0.4, -0.2) is 16.8 Å². The molecule has 0 spiro atoms. The molecule has 0 radical (unpaired) electrons. The van der Waals surface area contributed by atoms with E-state index in [4.69, 9.17) is 32.4 Å². The van der Waals surface area contributed by atoms with Crippen molar-refractivity contribution in [1.29, 1.82) is 5.26 Å². The molecule has 4 rings (SSSR count). The lowest BCUT2D eigenvalue weighted by Gasteiger charge is -2.29. The zero-order valence-electron chi connectivity index (χ0n) is 19.1. The number of carbonyl (C=O) groups excluding carboxylic acids is 1. The predicted molar refractivity (Wildman–Crippen MR) is 134 cm³/mol. The van der Waals surface area contributed by atoms with Crippen LogP contribution >= 0.6 is 12.2 Å². The zero-order chi connectivity index (χ0) is 24.5. The van der Waals surface area contributed by atoms with Gasteiger partial charge < -0.3 is 14.9 Å². The van der Waals surface area contributed by atoms with Crippen molar-refractivity contribution in [3.05, 3.63) is 76.7 Å². The first kappa shape index (κ1) is 23.2. The van der Waals surface area contributed by atoms with Crippen LogP contribution < -0.4 is 15.9 Å². The molecule has 0 unspecified atom stereocenters. The molecule has 172 valence electrons. The average Bonchev–Trinajstić information content (AvgIpc) is 3.13. The van der Waals surface area contributed by atoms with Crippen LogP contribution in [0.25, 0.3) is 11.1 Å². The van der Waals surface area contributed by atoms with Crippen molar-refractivity contribution in [3.63, 3.8) is 0 Å². The summed E-state index contributed by atoms with van der Waals surface area (Å²) in [6.07, 6.45) is 1.35. The van der Waals surface area contributed by atoms with Gasteiger partial charge in [0, 0.05) is 17.5 Å². The lowest BCUT2D eigenvalue weighted by Crippen LogP contribution is -2.31. The van der Waals surface area contributed by atoms with Gasteiger partial charge in [0.2, 0.25) is 5.76 Å². The van der Waals surface area contributed by atoms with Gasteiger partial charge in [-0.15, -0.1) is 0 Å². The maximum atomic E-state index is 13.0. The Morgan fingerprint density at radius 3 is 2.35 bits per heavy atom. The molecule has 0 fully saturated rings. The van der Waals surface area contributed by atoms with E-state index >= 15 is 0 Å². The maximum Gasteiger partial charge on any atom is 0.379 e. The summed E-state index contributed by atoms with van der Waals surface area (Å²) in [5, 5.41) is 13.4. The summed E-state index contributed by atoms with van der Waals surface area (Å²) in [4.78, 5) is 13.0. The molecular weight excluding hydrogens is 448 g/mol. The quantitative estimate of drug-likeness (QED) is 0.241. The summed E-state index contributed by atoms with van der Waals surface area (Å²) in [5.41, 5.74) is 12.8. The van der Waals surface area contributed by atoms with E-state index in [1.165, 1.54) is 0 Å². The fourth-order valence-electron chi connectivity index (χ4n) is 4.13. The highest BCUT2D eigenvalue weighted by molar-refractivity contribution is 7.80. The molecule has 2 aromatic carbocycles. The predicted octanol–water partition coefficient (Wildman–Crippen LogP) is 4.86. The number of hydrazone groups is 1. The van der Waals surface area contributed by atoms with E-state index in [9.17, 15) is 4.79 Å². The Bertz CT molecular complexity index is 1330. The number of hydrogen-bond acceptors (Lipinski definition) is 6. The number of nitrogens with two attached hydrogens (primary N) is 1. The van der Waals surface area contributed by atoms with Gasteiger partial charge in [0.05, 0.1) is 17.3 Å². The second kappa shape index (κ2) is 9.12. The number of nitrogens with zero attached hydrogens (tertiary/aromatic N) is 2. The largest absolute Gasteiger partial charge is 0.453 e. The zero-order valence-corrected chi connectivity index (χ0v) is 20.0. The number of thiocarbonyl (C=S) groups is 1. The van der Waals surface area contributed by atoms with Gasteiger partial charge in [0.15, 0.2) is 5.11 Å². The number of nitrogens with one attached hydrogen (secondary N) is 1. The Hall–Kier alpha value is -3.96. The van der Waals surface area contributed by atoms with Crippen LogP contribution in [0, 0.1) is 23.7 Å². The molecule has 1 heterocycles. The summed E-state index contributed by atoms with van der Waals surface area (Å²) in [6, 6.07) is 16.6. The van der Waals surface area contributed by atoms with Gasteiger partial charge in [-0.05, 0) is 66.4 Å². The highest BCUT2D eigenvalue weighted by Gasteiger charge is 2.36. The van der Waals surface area contributed by atoms with Crippen molar-refractivity contribution in [2.24, 2.45) is 16.3 Å². The molecule has 34 heavy (non-hydrogen) atoms. The molecule has 1 aliphatic carbocycles. The van der Waals surface area contributed by atoms with Crippen LogP contribution in [0.5, 0.6) is 5.75 Å². The second-order valence-electron chi connectivity index (χ2n) is 9.01. The summed E-state index contributed by atoms with van der Waals surface area (Å²) in [7, 11) is 0. The Labute approximate surface area is 203 Å². The molecule has 7 nitrogen and oxygen atoms in total. The van der Waals surface area contributed by atoms with Gasteiger partial charge in [-0.2, -0.15) is 10.4 Å². The van der Waals surface area contributed by atoms with Crippen molar-refractivity contribution in [2.75, 3.05) is 0 Å². The molecule has 1 aliphatic rings. The highest BCUT2D eigenvalue weighted by Crippen LogP contribution is 2.39. The molecule has 0 saturated carbocycles. The van der Waals surface area contributed by atoms with E-state index in [1.807, 2.05) is 31.2 Å². The number of hydrogen-bond donors (Lipinski definition) is 2. The first-order chi connectivity index (χ1) is 16.2. The fourth-order valence-corrected chi connectivity index (χ4v) is 4.18. The monoisotopic (exact) mass is 472 g/mol. The SMILES string of the molecule is Cc1c(C(=O)Oc2ccc(-c3ccc(C#N)cc3)cc2)oc2c1/C(=N\NC(N)=S)CC(C)(C)C2. The molecule has 0 aliphatic heterocycles. The van der Waals surface area contributed by atoms with Crippen LogP contribution in [0.3, 0.4) is 0 Å². The third kappa shape index (κ3) is 4.85. The number of esters is 1. The van der Waals surface area contributed by atoms with E-state index in [0.29, 0.717) is 35.5 Å². The van der Waals surface area contributed by atoms with Crippen molar-refractivity contribution >= 4 is 29.0 Å². The summed E-state index contributed by atoms with van der Waals surface area (Å²) >= 11 is 4.87. The standard InChI is InChI=1S/C26H24N4O3S/c1-15-22-20(29-30-25(28)34)12-26(2,3)13-21(22)33-23(15)24(31)32-19-10-8-18(9-11-19)17-6-4-16(14-27)5-7-17/h4-11H,12-13H2,1-3H3,(H3,28,30,34)/b29-20-.